The Hall–Kier alpha value is -2.37. The number of carbonyl (C=O) groups excluding carboxylic acids is 3. The molecule has 0 spiro atoms. The van der Waals surface area contributed by atoms with Crippen LogP contribution in [0.3, 0.4) is 0 Å². The molecule has 1 unspecified atom stereocenters. The molecule has 42 heavy (non-hydrogen) atoms. The number of urea groups is 1. The predicted molar refractivity (Wildman–Crippen MR) is 158 cm³/mol. The van der Waals surface area contributed by atoms with E-state index in [-0.39, 0.29) is 17.6 Å². The number of carboxylic acid groups (broad SMARTS) is 1. The average Bonchev–Trinajstić information content (AvgIpc) is 3.36. The van der Waals surface area contributed by atoms with Gasteiger partial charge < -0.3 is 26.0 Å². The summed E-state index contributed by atoms with van der Waals surface area (Å²) in [5.41, 5.74) is -2.16. The molecule has 0 aromatic rings. The summed E-state index contributed by atoms with van der Waals surface area (Å²) >= 11 is 0. The molecule has 4 aliphatic rings. The minimum absolute atomic E-state index is 0.0954. The molecular formula is C30H50N4O7S. The van der Waals surface area contributed by atoms with Gasteiger partial charge in [0.15, 0.2) is 9.84 Å². The zero-order valence-corrected chi connectivity index (χ0v) is 26.3. The van der Waals surface area contributed by atoms with Crippen molar-refractivity contribution in [2.75, 3.05) is 12.3 Å². The first-order valence-corrected chi connectivity index (χ1v) is 17.5. The van der Waals surface area contributed by atoms with Gasteiger partial charge in [-0.25, -0.2) is 18.0 Å². The molecule has 12 heteroatoms. The van der Waals surface area contributed by atoms with Gasteiger partial charge in [0.1, 0.15) is 17.6 Å². The van der Waals surface area contributed by atoms with Gasteiger partial charge in [-0.1, -0.05) is 51.4 Å². The Morgan fingerprint density at radius 3 is 2.21 bits per heavy atom. The third kappa shape index (κ3) is 7.22. The average molecular weight is 611 g/mol. The molecule has 0 radical (unpaired) electrons. The van der Waals surface area contributed by atoms with Crippen LogP contribution in [0.25, 0.3) is 0 Å². The number of fused-ring (bicyclic) bond motifs is 2. The lowest BCUT2D eigenvalue weighted by Gasteiger charge is -2.40. The Balaban J connectivity index is 1.51. The van der Waals surface area contributed by atoms with Gasteiger partial charge in [-0.05, 0) is 71.6 Å². The molecule has 2 aliphatic carbocycles. The fraction of sp³-hybridized carbons (Fsp3) is 0.867. The number of carbonyl (C=O) groups is 4. The van der Waals surface area contributed by atoms with E-state index in [2.05, 4.69) is 16.0 Å². The number of rotatable bonds is 5. The number of hydrogen-bond acceptors (Lipinski definition) is 6. The second-order valence-electron chi connectivity index (χ2n) is 14.1. The number of carboxylic acids is 1. The van der Waals surface area contributed by atoms with Crippen molar-refractivity contribution in [3.05, 3.63) is 0 Å². The zero-order valence-electron chi connectivity index (χ0n) is 25.5. The lowest BCUT2D eigenvalue weighted by molar-refractivity contribution is -0.145. The number of nitrogens with zero attached hydrogens (tertiary/aromatic N) is 1. The highest BCUT2D eigenvalue weighted by molar-refractivity contribution is 7.92. The maximum atomic E-state index is 13.9. The van der Waals surface area contributed by atoms with Crippen molar-refractivity contribution in [1.82, 2.24) is 20.9 Å². The topological polar surface area (TPSA) is 162 Å². The van der Waals surface area contributed by atoms with Gasteiger partial charge in [0.25, 0.3) is 0 Å². The summed E-state index contributed by atoms with van der Waals surface area (Å²) in [4.78, 5) is 54.3. The van der Waals surface area contributed by atoms with Crippen LogP contribution in [0.5, 0.6) is 0 Å². The summed E-state index contributed by atoms with van der Waals surface area (Å²) < 4.78 is 25.4. The molecule has 4 atom stereocenters. The molecule has 4 rings (SSSR count). The summed E-state index contributed by atoms with van der Waals surface area (Å²) in [6.07, 6.45) is 10.7. The maximum absolute atomic E-state index is 13.9. The SMILES string of the molecule is CC(C)(C)S(=O)(=O)CC1(NC(=O)N[C@H]2CCCCCCCC3C[C@@]3(C(=O)O)NC(=O)[C@@H]3CCCN3C2=O)CCCCC1. The number of amides is 4. The second-order valence-corrected chi connectivity index (χ2v) is 16.8. The van der Waals surface area contributed by atoms with Gasteiger partial charge in [-0.2, -0.15) is 0 Å². The third-order valence-electron chi connectivity index (χ3n) is 9.91. The molecule has 238 valence electrons. The number of sulfone groups is 1. The van der Waals surface area contributed by atoms with Crippen molar-refractivity contribution >= 4 is 33.7 Å². The van der Waals surface area contributed by atoms with Gasteiger partial charge in [-0.15, -0.1) is 0 Å². The van der Waals surface area contributed by atoms with Crippen LogP contribution < -0.4 is 16.0 Å². The first-order valence-electron chi connectivity index (χ1n) is 15.9. The number of aliphatic carboxylic acids is 1. The Kier molecular flexibility index (Phi) is 9.84. The van der Waals surface area contributed by atoms with Crippen molar-refractivity contribution in [3.63, 3.8) is 0 Å². The smallest absolute Gasteiger partial charge is 0.329 e. The van der Waals surface area contributed by atoms with Crippen LogP contribution in [-0.2, 0) is 24.2 Å². The number of hydrogen-bond donors (Lipinski definition) is 4. The highest BCUT2D eigenvalue weighted by Gasteiger charge is 2.61. The predicted octanol–water partition coefficient (Wildman–Crippen LogP) is 3.27. The van der Waals surface area contributed by atoms with Crippen LogP contribution in [0, 0.1) is 5.92 Å². The van der Waals surface area contributed by atoms with E-state index in [0.717, 1.165) is 51.4 Å². The fourth-order valence-corrected chi connectivity index (χ4v) is 8.55. The van der Waals surface area contributed by atoms with E-state index in [4.69, 9.17) is 0 Å². The molecule has 11 nitrogen and oxygen atoms in total. The first-order chi connectivity index (χ1) is 19.7. The van der Waals surface area contributed by atoms with Crippen molar-refractivity contribution in [2.24, 2.45) is 5.92 Å². The van der Waals surface area contributed by atoms with E-state index < -0.39 is 55.7 Å². The fourth-order valence-electron chi connectivity index (χ4n) is 7.03. The molecule has 2 saturated heterocycles. The zero-order chi connectivity index (χ0) is 30.8. The van der Waals surface area contributed by atoms with Gasteiger partial charge in [0.05, 0.1) is 16.0 Å². The summed E-state index contributed by atoms with van der Waals surface area (Å²) in [6.45, 7) is 5.35. The Bertz CT molecular complexity index is 1140. The monoisotopic (exact) mass is 610 g/mol. The Labute approximate surface area is 250 Å². The van der Waals surface area contributed by atoms with E-state index in [1.54, 1.807) is 20.8 Å². The molecular weight excluding hydrogens is 560 g/mol. The molecule has 4 amide bonds. The summed E-state index contributed by atoms with van der Waals surface area (Å²) in [7, 11) is -3.52. The highest BCUT2D eigenvalue weighted by Crippen LogP contribution is 2.47. The van der Waals surface area contributed by atoms with Crippen molar-refractivity contribution in [3.8, 4) is 0 Å². The molecule has 0 aromatic heterocycles. The normalized spacial score (nSPS) is 31.0. The van der Waals surface area contributed by atoms with E-state index in [0.29, 0.717) is 51.5 Å². The van der Waals surface area contributed by atoms with E-state index in [1.807, 2.05) is 0 Å². The number of nitrogens with one attached hydrogen (secondary N) is 3. The van der Waals surface area contributed by atoms with E-state index >= 15 is 0 Å². The maximum Gasteiger partial charge on any atom is 0.329 e. The van der Waals surface area contributed by atoms with Crippen LogP contribution in [0.4, 0.5) is 4.79 Å². The lowest BCUT2D eigenvalue weighted by Crippen LogP contribution is -2.61. The molecule has 2 aliphatic heterocycles. The van der Waals surface area contributed by atoms with E-state index in [9.17, 15) is 32.7 Å². The quantitative estimate of drug-likeness (QED) is 0.371. The molecule has 4 N–H and O–H groups in total. The lowest BCUT2D eigenvalue weighted by atomic mass is 9.83. The van der Waals surface area contributed by atoms with Gasteiger partial charge in [-0.3, -0.25) is 9.59 Å². The minimum Gasteiger partial charge on any atom is -0.479 e. The van der Waals surface area contributed by atoms with Gasteiger partial charge >= 0.3 is 12.0 Å². The highest BCUT2D eigenvalue weighted by atomic mass is 32.2. The molecule has 4 fully saturated rings. The Morgan fingerprint density at radius 1 is 0.952 bits per heavy atom. The minimum atomic E-state index is -3.52. The van der Waals surface area contributed by atoms with Crippen LogP contribution in [0.1, 0.15) is 117 Å². The first kappa shape index (κ1) is 32.5. The molecule has 2 heterocycles. The summed E-state index contributed by atoms with van der Waals surface area (Å²) in [5.74, 6) is -2.08. The Morgan fingerprint density at radius 2 is 1.57 bits per heavy atom. The van der Waals surface area contributed by atoms with Crippen molar-refractivity contribution in [1.29, 1.82) is 0 Å². The van der Waals surface area contributed by atoms with Crippen LogP contribution in [0.15, 0.2) is 0 Å². The van der Waals surface area contributed by atoms with Crippen molar-refractivity contribution in [2.45, 2.75) is 145 Å². The largest absolute Gasteiger partial charge is 0.479 e. The van der Waals surface area contributed by atoms with Gasteiger partial charge in [0, 0.05) is 6.54 Å². The van der Waals surface area contributed by atoms with E-state index in [1.165, 1.54) is 4.90 Å². The summed E-state index contributed by atoms with van der Waals surface area (Å²) in [6, 6.07) is -2.22. The standard InChI is InChI=1S/C30H50N4O7S/c1-28(2,3)42(40,41)20-29(16-10-7-11-17-29)33-27(39)31-22-14-9-6-4-5-8-13-21-19-30(21,26(37)38)32-24(35)23-15-12-18-34(23)25(22)36/h21-23H,4-20H2,1-3H3,(H,32,35)(H,37,38)(H2,31,33,39)/t21?,22-,23-,30+/m0/s1. The molecule has 0 bridgehead atoms. The van der Waals surface area contributed by atoms with Gasteiger partial charge in [0.2, 0.25) is 11.8 Å². The van der Waals surface area contributed by atoms with Crippen LogP contribution >= 0.6 is 0 Å². The second kappa shape index (κ2) is 12.7. The summed E-state index contributed by atoms with van der Waals surface area (Å²) in [5, 5.41) is 18.6. The third-order valence-corrected chi connectivity index (χ3v) is 12.7. The van der Waals surface area contributed by atoms with Crippen LogP contribution in [0.2, 0.25) is 0 Å². The molecule has 0 aromatic carbocycles. The van der Waals surface area contributed by atoms with Crippen molar-refractivity contribution < 1.29 is 32.7 Å². The van der Waals surface area contributed by atoms with Crippen LogP contribution in [-0.4, -0.2) is 82.4 Å². The molecule has 2 saturated carbocycles.